The van der Waals surface area contributed by atoms with Crippen LogP contribution in [0, 0.1) is 13.8 Å². The lowest BCUT2D eigenvalue weighted by Crippen LogP contribution is -2.01. The minimum atomic E-state index is 0.657. The summed E-state index contributed by atoms with van der Waals surface area (Å²) in [6, 6.07) is 33.2. The van der Waals surface area contributed by atoms with Crippen molar-refractivity contribution in [2.75, 3.05) is 0 Å². The monoisotopic (exact) mass is 439 g/mol. The summed E-state index contributed by atoms with van der Waals surface area (Å²) in [6.07, 6.45) is 1.85. The Labute approximate surface area is 200 Å². The number of hydrogen-bond acceptors (Lipinski definition) is 3. The Hall–Kier alpha value is -4.37. The van der Waals surface area contributed by atoms with E-state index in [1.54, 1.807) is 0 Å². The summed E-state index contributed by atoms with van der Waals surface area (Å²) in [5, 5.41) is 0. The lowest BCUT2D eigenvalue weighted by molar-refractivity contribution is 1.07. The Morgan fingerprint density at radius 2 is 0.941 bits per heavy atom. The van der Waals surface area contributed by atoms with Crippen LogP contribution in [-0.2, 0) is 0 Å². The van der Waals surface area contributed by atoms with Gasteiger partial charge in [-0.05, 0) is 30.5 Å². The highest BCUT2D eigenvalue weighted by atomic mass is 15.0. The third kappa shape index (κ3) is 4.41. The second-order valence-electron chi connectivity index (χ2n) is 8.41. The number of nitrogens with zero attached hydrogens (tertiary/aromatic N) is 3. The van der Waals surface area contributed by atoms with Crippen LogP contribution in [0.2, 0.25) is 0 Å². The molecule has 0 aliphatic rings. The standard InChI is InChI=1S/C31H25N3/c1-4-23-13-19-24(20-14-23)27-7-5-6-8-28(27)31-33-29(25-15-9-21(2)10-16-25)32-30(34-31)26-17-11-22(3)12-18-26/h4-20H,1H2,2-3H3. The predicted octanol–water partition coefficient (Wildman–Crippen LogP) is 7.80. The van der Waals surface area contributed by atoms with Crippen LogP contribution < -0.4 is 0 Å². The molecule has 0 spiro atoms. The zero-order chi connectivity index (χ0) is 23.5. The maximum atomic E-state index is 4.93. The van der Waals surface area contributed by atoms with Gasteiger partial charge in [0.25, 0.3) is 0 Å². The van der Waals surface area contributed by atoms with Gasteiger partial charge in [-0.25, -0.2) is 15.0 Å². The summed E-state index contributed by atoms with van der Waals surface area (Å²) in [6.45, 7) is 8.01. The van der Waals surface area contributed by atoms with Gasteiger partial charge in [0.05, 0.1) is 0 Å². The fourth-order valence-corrected chi connectivity index (χ4v) is 3.89. The van der Waals surface area contributed by atoms with E-state index >= 15 is 0 Å². The van der Waals surface area contributed by atoms with Crippen molar-refractivity contribution in [3.05, 3.63) is 120 Å². The minimum absolute atomic E-state index is 0.657. The van der Waals surface area contributed by atoms with Crippen LogP contribution in [0.1, 0.15) is 16.7 Å². The number of benzene rings is 4. The van der Waals surface area contributed by atoms with Crippen LogP contribution in [0.4, 0.5) is 0 Å². The first-order valence-corrected chi connectivity index (χ1v) is 11.3. The first-order valence-electron chi connectivity index (χ1n) is 11.3. The molecule has 5 rings (SSSR count). The summed E-state index contributed by atoms with van der Waals surface area (Å²) >= 11 is 0. The van der Waals surface area contributed by atoms with Crippen molar-refractivity contribution >= 4 is 6.08 Å². The van der Waals surface area contributed by atoms with Crippen LogP contribution >= 0.6 is 0 Å². The zero-order valence-corrected chi connectivity index (χ0v) is 19.4. The molecule has 4 aromatic carbocycles. The largest absolute Gasteiger partial charge is 0.208 e. The molecule has 0 N–H and O–H groups in total. The Morgan fingerprint density at radius 1 is 0.500 bits per heavy atom. The van der Waals surface area contributed by atoms with Crippen LogP contribution in [0.3, 0.4) is 0 Å². The Kier molecular flexibility index (Phi) is 5.84. The first-order chi connectivity index (χ1) is 16.6. The third-order valence-corrected chi connectivity index (χ3v) is 5.88. The van der Waals surface area contributed by atoms with Gasteiger partial charge in [-0.15, -0.1) is 0 Å². The van der Waals surface area contributed by atoms with E-state index in [1.807, 2.05) is 18.2 Å². The molecule has 0 aliphatic heterocycles. The molecule has 0 amide bonds. The summed E-state index contributed by atoms with van der Waals surface area (Å²) in [5.41, 5.74) is 8.58. The van der Waals surface area contributed by atoms with E-state index < -0.39 is 0 Å². The molecule has 164 valence electrons. The first kappa shape index (κ1) is 21.5. The smallest absolute Gasteiger partial charge is 0.164 e. The number of aromatic nitrogens is 3. The maximum absolute atomic E-state index is 4.93. The molecule has 0 bridgehead atoms. The Bertz CT molecular complexity index is 1390. The molecule has 0 unspecified atom stereocenters. The maximum Gasteiger partial charge on any atom is 0.164 e. The number of rotatable bonds is 5. The van der Waals surface area contributed by atoms with Crippen molar-refractivity contribution in [3.63, 3.8) is 0 Å². The van der Waals surface area contributed by atoms with Crippen LogP contribution in [-0.4, -0.2) is 15.0 Å². The normalized spacial score (nSPS) is 10.8. The fraction of sp³-hybridized carbons (Fsp3) is 0.0645. The van der Waals surface area contributed by atoms with Crippen molar-refractivity contribution in [2.45, 2.75) is 13.8 Å². The quantitative estimate of drug-likeness (QED) is 0.280. The summed E-state index contributed by atoms with van der Waals surface area (Å²) in [7, 11) is 0. The van der Waals surface area contributed by atoms with Crippen LogP contribution in [0.15, 0.2) is 104 Å². The predicted molar refractivity (Wildman–Crippen MR) is 141 cm³/mol. The van der Waals surface area contributed by atoms with Gasteiger partial charge in [0, 0.05) is 16.7 Å². The van der Waals surface area contributed by atoms with E-state index in [-0.39, 0.29) is 0 Å². The van der Waals surface area contributed by atoms with E-state index in [9.17, 15) is 0 Å². The van der Waals surface area contributed by atoms with Gasteiger partial charge in [0.1, 0.15) is 0 Å². The minimum Gasteiger partial charge on any atom is -0.208 e. The molecule has 0 atom stereocenters. The SMILES string of the molecule is C=Cc1ccc(-c2ccccc2-c2nc(-c3ccc(C)cc3)nc(-c3ccc(C)cc3)n2)cc1. The average Bonchev–Trinajstić information content (AvgIpc) is 2.89. The van der Waals surface area contributed by atoms with Gasteiger partial charge < -0.3 is 0 Å². The van der Waals surface area contributed by atoms with Crippen LogP contribution in [0.25, 0.3) is 51.4 Å². The Balaban J connectivity index is 1.70. The molecule has 0 radical (unpaired) electrons. The summed E-state index contributed by atoms with van der Waals surface area (Å²) in [5.74, 6) is 1.99. The van der Waals surface area contributed by atoms with Crippen LogP contribution in [0.5, 0.6) is 0 Å². The fourth-order valence-electron chi connectivity index (χ4n) is 3.89. The van der Waals surface area contributed by atoms with Gasteiger partial charge >= 0.3 is 0 Å². The van der Waals surface area contributed by atoms with Gasteiger partial charge in [-0.3, -0.25) is 0 Å². The molecule has 3 nitrogen and oxygen atoms in total. The highest BCUT2D eigenvalue weighted by molar-refractivity contribution is 5.82. The Morgan fingerprint density at radius 3 is 1.44 bits per heavy atom. The van der Waals surface area contributed by atoms with E-state index in [2.05, 4.69) is 105 Å². The lowest BCUT2D eigenvalue weighted by Gasteiger charge is -2.12. The molecule has 34 heavy (non-hydrogen) atoms. The molecule has 1 heterocycles. The topological polar surface area (TPSA) is 38.7 Å². The van der Waals surface area contributed by atoms with Gasteiger partial charge in [-0.1, -0.05) is 121 Å². The zero-order valence-electron chi connectivity index (χ0n) is 19.4. The second-order valence-corrected chi connectivity index (χ2v) is 8.41. The highest BCUT2D eigenvalue weighted by Crippen LogP contribution is 2.32. The van der Waals surface area contributed by atoms with E-state index in [1.165, 1.54) is 11.1 Å². The van der Waals surface area contributed by atoms with E-state index in [4.69, 9.17) is 15.0 Å². The highest BCUT2D eigenvalue weighted by Gasteiger charge is 2.15. The molecule has 0 saturated carbocycles. The number of hydrogen-bond donors (Lipinski definition) is 0. The number of aryl methyl sites for hydroxylation is 2. The molecule has 0 aliphatic carbocycles. The molecular weight excluding hydrogens is 414 g/mol. The molecule has 5 aromatic rings. The average molecular weight is 440 g/mol. The van der Waals surface area contributed by atoms with E-state index in [0.717, 1.165) is 33.4 Å². The van der Waals surface area contributed by atoms with Crippen molar-refractivity contribution in [1.29, 1.82) is 0 Å². The third-order valence-electron chi connectivity index (χ3n) is 5.88. The summed E-state index contributed by atoms with van der Waals surface area (Å²) in [4.78, 5) is 14.7. The molecular formula is C31H25N3. The molecule has 1 aromatic heterocycles. The molecule has 0 saturated heterocycles. The second kappa shape index (κ2) is 9.24. The lowest BCUT2D eigenvalue weighted by atomic mass is 9.98. The van der Waals surface area contributed by atoms with Gasteiger partial charge in [0.15, 0.2) is 17.5 Å². The summed E-state index contributed by atoms with van der Waals surface area (Å²) < 4.78 is 0. The molecule has 3 heteroatoms. The van der Waals surface area contributed by atoms with Crippen molar-refractivity contribution in [1.82, 2.24) is 15.0 Å². The van der Waals surface area contributed by atoms with Gasteiger partial charge in [0.2, 0.25) is 0 Å². The van der Waals surface area contributed by atoms with Crippen molar-refractivity contribution in [3.8, 4) is 45.3 Å². The van der Waals surface area contributed by atoms with E-state index in [0.29, 0.717) is 17.5 Å². The van der Waals surface area contributed by atoms with Gasteiger partial charge in [-0.2, -0.15) is 0 Å². The van der Waals surface area contributed by atoms with Crippen molar-refractivity contribution < 1.29 is 0 Å². The van der Waals surface area contributed by atoms with Crippen molar-refractivity contribution in [2.24, 2.45) is 0 Å². The molecule has 0 fully saturated rings.